The summed E-state index contributed by atoms with van der Waals surface area (Å²) in [6, 6.07) is 17.4. The van der Waals surface area contributed by atoms with Gasteiger partial charge < -0.3 is 4.84 Å². The number of nitrogens with zero attached hydrogens (tertiary/aromatic N) is 2. The molecule has 0 aliphatic rings. The van der Waals surface area contributed by atoms with Crippen molar-refractivity contribution in [1.29, 1.82) is 5.26 Å². The minimum Gasteiger partial charge on any atom is -0.390 e. The van der Waals surface area contributed by atoms with Gasteiger partial charge in [0.05, 0.1) is 11.6 Å². The molecule has 2 aromatic carbocycles. The second kappa shape index (κ2) is 7.10. The van der Waals surface area contributed by atoms with Gasteiger partial charge in [-0.05, 0) is 18.1 Å². The summed E-state index contributed by atoms with van der Waals surface area (Å²) in [5, 5.41) is 12.8. The van der Waals surface area contributed by atoms with Crippen LogP contribution in [0, 0.1) is 11.3 Å². The lowest BCUT2D eigenvalue weighted by atomic mass is 10.1. The normalized spacial score (nSPS) is 10.4. The topological polar surface area (TPSA) is 45.4 Å². The van der Waals surface area contributed by atoms with Crippen LogP contribution in [0.4, 0.5) is 0 Å². The molecule has 0 N–H and O–H groups in total. The Morgan fingerprint density at radius 2 is 1.85 bits per heavy atom. The average molecular weight is 263 g/mol. The minimum atomic E-state index is 0.268. The van der Waals surface area contributed by atoms with Crippen molar-refractivity contribution in [3.63, 3.8) is 0 Å². The van der Waals surface area contributed by atoms with Crippen LogP contribution in [-0.4, -0.2) is 6.21 Å². The van der Waals surface area contributed by atoms with E-state index in [9.17, 15) is 0 Å². The van der Waals surface area contributed by atoms with Gasteiger partial charge in [0, 0.05) is 11.1 Å². The van der Waals surface area contributed by atoms with Gasteiger partial charge in [0.1, 0.15) is 12.8 Å². The first-order valence-electron chi connectivity index (χ1n) is 6.48. The van der Waals surface area contributed by atoms with Gasteiger partial charge in [-0.15, -0.1) is 0 Å². The Kier molecular flexibility index (Phi) is 4.91. The van der Waals surface area contributed by atoms with Gasteiger partial charge in [-0.25, -0.2) is 0 Å². The predicted molar refractivity (Wildman–Crippen MR) is 78.3 cm³/mol. The highest BCUT2D eigenvalue weighted by Gasteiger charge is 2.00. The molecule has 0 unspecified atom stereocenters. The first kappa shape index (κ1) is 13.8. The Balaban J connectivity index is 1.92. The molecule has 20 heavy (non-hydrogen) atoms. The van der Waals surface area contributed by atoms with Crippen molar-refractivity contribution >= 4 is 6.21 Å². The maximum absolute atomic E-state index is 8.95. The van der Waals surface area contributed by atoms with Crippen LogP contribution in [0.2, 0.25) is 0 Å². The van der Waals surface area contributed by atoms with Gasteiger partial charge in [0.15, 0.2) is 0 Å². The number of aryl methyl sites for hydroxylation is 1. The maximum atomic E-state index is 8.95. The second-order valence-electron chi connectivity index (χ2n) is 4.30. The molecule has 3 nitrogen and oxygen atoms in total. The molecule has 0 bridgehead atoms. The van der Waals surface area contributed by atoms with E-state index < -0.39 is 0 Å². The molecule has 0 atom stereocenters. The van der Waals surface area contributed by atoms with E-state index in [0.717, 1.165) is 17.5 Å². The van der Waals surface area contributed by atoms with E-state index in [-0.39, 0.29) is 6.61 Å². The Morgan fingerprint density at radius 3 is 2.55 bits per heavy atom. The van der Waals surface area contributed by atoms with Crippen molar-refractivity contribution in [2.45, 2.75) is 20.0 Å². The monoisotopic (exact) mass is 263 g/mol. The summed E-state index contributed by atoms with van der Waals surface area (Å²) in [7, 11) is 0. The molecule has 2 rings (SSSR count). The zero-order chi connectivity index (χ0) is 14.2. The molecular formula is C17H15N2O. The number of hydrogen-bond acceptors (Lipinski definition) is 3. The van der Waals surface area contributed by atoms with E-state index in [1.807, 2.05) is 42.5 Å². The Hall–Kier alpha value is -2.60. The fourth-order valence-corrected chi connectivity index (χ4v) is 1.76. The molecule has 0 aromatic heterocycles. The number of nitriles is 1. The zero-order valence-corrected chi connectivity index (χ0v) is 11.3. The van der Waals surface area contributed by atoms with E-state index in [4.69, 9.17) is 10.1 Å². The van der Waals surface area contributed by atoms with Crippen molar-refractivity contribution in [1.82, 2.24) is 0 Å². The van der Waals surface area contributed by atoms with Crippen LogP contribution in [0.3, 0.4) is 0 Å². The molecule has 0 spiro atoms. The summed E-state index contributed by atoms with van der Waals surface area (Å²) in [5.41, 5.74) is 3.58. The van der Waals surface area contributed by atoms with E-state index >= 15 is 0 Å². The highest BCUT2D eigenvalue weighted by Crippen LogP contribution is 2.09. The summed E-state index contributed by atoms with van der Waals surface area (Å²) in [4.78, 5) is 5.19. The summed E-state index contributed by atoms with van der Waals surface area (Å²) in [6.45, 7) is 2.38. The van der Waals surface area contributed by atoms with Crippen molar-refractivity contribution in [2.75, 3.05) is 0 Å². The van der Waals surface area contributed by atoms with Crippen LogP contribution in [0.1, 0.15) is 29.2 Å². The van der Waals surface area contributed by atoms with Gasteiger partial charge in [0.2, 0.25) is 0 Å². The van der Waals surface area contributed by atoms with Crippen molar-refractivity contribution in [2.24, 2.45) is 5.16 Å². The van der Waals surface area contributed by atoms with Gasteiger partial charge in [-0.3, -0.25) is 0 Å². The first-order valence-corrected chi connectivity index (χ1v) is 6.48. The van der Waals surface area contributed by atoms with E-state index in [1.54, 1.807) is 6.07 Å². The standard InChI is InChI=1S/C17H15N2O/c1-2-14-7-9-15(10-8-14)12-19-20-13-17-6-4-3-5-16(17)11-18/h3-10H,2,13H2,1H3. The third-order valence-electron chi connectivity index (χ3n) is 2.96. The second-order valence-corrected chi connectivity index (χ2v) is 4.30. The van der Waals surface area contributed by atoms with Crippen LogP contribution in [0.15, 0.2) is 53.7 Å². The van der Waals surface area contributed by atoms with Crippen molar-refractivity contribution < 1.29 is 4.84 Å². The Labute approximate surface area is 119 Å². The Morgan fingerprint density at radius 1 is 1.10 bits per heavy atom. The first-order chi connectivity index (χ1) is 9.83. The fourth-order valence-electron chi connectivity index (χ4n) is 1.76. The van der Waals surface area contributed by atoms with E-state index in [0.29, 0.717) is 5.56 Å². The molecule has 1 radical (unpaired) electrons. The highest BCUT2D eigenvalue weighted by atomic mass is 16.6. The summed E-state index contributed by atoms with van der Waals surface area (Å²) < 4.78 is 0. The molecule has 0 saturated carbocycles. The molecule has 0 aliphatic heterocycles. The zero-order valence-electron chi connectivity index (χ0n) is 11.3. The highest BCUT2D eigenvalue weighted by molar-refractivity contribution is 5.79. The fraction of sp³-hybridized carbons (Fsp3) is 0.176. The summed E-state index contributed by atoms with van der Waals surface area (Å²) in [5.74, 6) is 0. The van der Waals surface area contributed by atoms with Crippen molar-refractivity contribution in [3.05, 3.63) is 70.8 Å². The van der Waals surface area contributed by atoms with Gasteiger partial charge >= 0.3 is 0 Å². The Bertz CT molecular complexity index is 624. The third kappa shape index (κ3) is 3.69. The molecule has 3 heteroatoms. The largest absolute Gasteiger partial charge is 0.390 e. The third-order valence-corrected chi connectivity index (χ3v) is 2.96. The number of rotatable bonds is 5. The minimum absolute atomic E-state index is 0.268. The van der Waals surface area contributed by atoms with Gasteiger partial charge in [-0.2, -0.15) is 5.26 Å². The van der Waals surface area contributed by atoms with Gasteiger partial charge in [-0.1, -0.05) is 54.5 Å². The molecule has 0 amide bonds. The lowest BCUT2D eigenvalue weighted by Gasteiger charge is -2.01. The average Bonchev–Trinajstić information content (AvgIpc) is 2.52. The molecule has 99 valence electrons. The van der Waals surface area contributed by atoms with Crippen LogP contribution < -0.4 is 0 Å². The quantitative estimate of drug-likeness (QED) is 0.611. The molecular weight excluding hydrogens is 248 g/mol. The SMILES string of the molecule is CCc1ccc(/[C]=N\OCc2ccccc2C#N)cc1. The lowest BCUT2D eigenvalue weighted by Crippen LogP contribution is -1.92. The molecule has 0 heterocycles. The molecule has 2 aromatic rings. The van der Waals surface area contributed by atoms with Crippen LogP contribution in [-0.2, 0) is 17.9 Å². The van der Waals surface area contributed by atoms with E-state index in [2.05, 4.69) is 24.4 Å². The van der Waals surface area contributed by atoms with Crippen molar-refractivity contribution in [3.8, 4) is 6.07 Å². The van der Waals surface area contributed by atoms with Crippen LogP contribution in [0.5, 0.6) is 0 Å². The predicted octanol–water partition coefficient (Wildman–Crippen LogP) is 3.55. The molecule has 0 saturated heterocycles. The molecule has 0 fully saturated rings. The van der Waals surface area contributed by atoms with Crippen LogP contribution >= 0.6 is 0 Å². The lowest BCUT2D eigenvalue weighted by molar-refractivity contribution is 0.132. The smallest absolute Gasteiger partial charge is 0.143 e. The van der Waals surface area contributed by atoms with E-state index in [1.165, 1.54) is 5.56 Å². The number of hydrogen-bond donors (Lipinski definition) is 0. The van der Waals surface area contributed by atoms with Crippen LogP contribution in [0.25, 0.3) is 0 Å². The van der Waals surface area contributed by atoms with Gasteiger partial charge in [0.25, 0.3) is 0 Å². The summed E-state index contributed by atoms with van der Waals surface area (Å²) in [6.07, 6.45) is 3.84. The maximum Gasteiger partial charge on any atom is 0.143 e. The summed E-state index contributed by atoms with van der Waals surface area (Å²) >= 11 is 0. The number of benzene rings is 2. The molecule has 0 aliphatic carbocycles.